The van der Waals surface area contributed by atoms with Crippen molar-refractivity contribution in [1.82, 2.24) is 0 Å². The molecule has 1 aliphatic carbocycles. The molecule has 0 amide bonds. The van der Waals surface area contributed by atoms with Gasteiger partial charge in [0.05, 0.1) is 10.9 Å². The molecule has 0 aliphatic heterocycles. The van der Waals surface area contributed by atoms with Crippen LogP contribution in [0.1, 0.15) is 38.2 Å². The number of carbonyl (C=O) groups is 1. The van der Waals surface area contributed by atoms with Crippen molar-refractivity contribution in [2.45, 2.75) is 39.0 Å². The average Bonchev–Trinajstić information content (AvgIpc) is 2.42. The first kappa shape index (κ1) is 15.3. The molecule has 0 radical (unpaired) electrons. The molecule has 2 nitrogen and oxygen atoms in total. The Morgan fingerprint density at radius 2 is 2.20 bits per heavy atom. The lowest BCUT2D eigenvalue weighted by molar-refractivity contribution is -0.145. The zero-order valence-electron chi connectivity index (χ0n) is 11.6. The lowest BCUT2D eigenvalue weighted by Crippen LogP contribution is -2.31. The summed E-state index contributed by atoms with van der Waals surface area (Å²) in [6.07, 6.45) is 4.42. The van der Waals surface area contributed by atoms with Gasteiger partial charge in [0, 0.05) is 0 Å². The molecule has 1 aromatic carbocycles. The van der Waals surface area contributed by atoms with Crippen LogP contribution in [0.4, 0.5) is 4.39 Å². The Labute approximate surface area is 123 Å². The molecule has 4 heteroatoms. The molecule has 1 aromatic rings. The molecule has 0 spiro atoms. The second-order valence-corrected chi connectivity index (χ2v) is 6.15. The standard InChI is InChI=1S/C16H20ClFO2/c1-2-10-3-5-13(16(19)20)12(7-10)8-11-4-6-15(18)14(17)9-11/h4,6,9-10,12-13H,2-3,5,7-8H2,1H3,(H,19,20). The third-order valence-corrected chi connectivity index (χ3v) is 4.76. The van der Waals surface area contributed by atoms with Gasteiger partial charge in [0.15, 0.2) is 0 Å². The van der Waals surface area contributed by atoms with Crippen LogP contribution in [0.5, 0.6) is 0 Å². The predicted octanol–water partition coefficient (Wildman–Crippen LogP) is 4.55. The normalized spacial score (nSPS) is 26.4. The van der Waals surface area contributed by atoms with Gasteiger partial charge < -0.3 is 5.11 Å². The maximum atomic E-state index is 13.2. The van der Waals surface area contributed by atoms with E-state index >= 15 is 0 Å². The second-order valence-electron chi connectivity index (χ2n) is 5.74. The molecule has 1 saturated carbocycles. The van der Waals surface area contributed by atoms with Gasteiger partial charge in [-0.15, -0.1) is 0 Å². The number of halogens is 2. The van der Waals surface area contributed by atoms with Gasteiger partial charge in [0.1, 0.15) is 5.82 Å². The van der Waals surface area contributed by atoms with Crippen LogP contribution >= 0.6 is 11.6 Å². The van der Waals surface area contributed by atoms with E-state index in [9.17, 15) is 14.3 Å². The number of carboxylic acids is 1. The second kappa shape index (κ2) is 6.57. The van der Waals surface area contributed by atoms with Gasteiger partial charge >= 0.3 is 5.97 Å². The Hall–Kier alpha value is -1.09. The fourth-order valence-electron chi connectivity index (χ4n) is 3.25. The molecule has 1 fully saturated rings. The van der Waals surface area contributed by atoms with Crippen LogP contribution in [0.15, 0.2) is 18.2 Å². The summed E-state index contributed by atoms with van der Waals surface area (Å²) in [6.45, 7) is 2.15. The molecule has 0 heterocycles. The molecule has 1 N–H and O–H groups in total. The lowest BCUT2D eigenvalue weighted by Gasteiger charge is -2.33. The lowest BCUT2D eigenvalue weighted by atomic mass is 9.71. The van der Waals surface area contributed by atoms with Crippen molar-refractivity contribution < 1.29 is 14.3 Å². The Kier molecular flexibility index (Phi) is 5.03. The van der Waals surface area contributed by atoms with Gasteiger partial charge in [-0.2, -0.15) is 0 Å². The van der Waals surface area contributed by atoms with Crippen LogP contribution in [0.25, 0.3) is 0 Å². The van der Waals surface area contributed by atoms with Crippen molar-refractivity contribution in [2.24, 2.45) is 17.8 Å². The van der Waals surface area contributed by atoms with E-state index in [0.717, 1.165) is 31.2 Å². The number of hydrogen-bond acceptors (Lipinski definition) is 1. The third-order valence-electron chi connectivity index (χ3n) is 4.47. The van der Waals surface area contributed by atoms with Crippen molar-refractivity contribution in [1.29, 1.82) is 0 Å². The highest BCUT2D eigenvalue weighted by molar-refractivity contribution is 6.30. The number of benzene rings is 1. The van der Waals surface area contributed by atoms with Gasteiger partial charge in [0.25, 0.3) is 0 Å². The first-order valence-electron chi connectivity index (χ1n) is 7.18. The van der Waals surface area contributed by atoms with E-state index < -0.39 is 11.8 Å². The summed E-state index contributed by atoms with van der Waals surface area (Å²) in [5, 5.41) is 9.47. The Morgan fingerprint density at radius 3 is 2.80 bits per heavy atom. The molecule has 2 rings (SSSR count). The summed E-state index contributed by atoms with van der Waals surface area (Å²) in [5.41, 5.74) is 0.921. The summed E-state index contributed by atoms with van der Waals surface area (Å²) >= 11 is 5.80. The Morgan fingerprint density at radius 1 is 1.45 bits per heavy atom. The molecule has 0 bridgehead atoms. The maximum absolute atomic E-state index is 13.2. The molecule has 20 heavy (non-hydrogen) atoms. The molecule has 3 atom stereocenters. The fraction of sp³-hybridized carbons (Fsp3) is 0.562. The van der Waals surface area contributed by atoms with Crippen molar-refractivity contribution in [3.8, 4) is 0 Å². The van der Waals surface area contributed by atoms with E-state index in [-0.39, 0.29) is 16.9 Å². The topological polar surface area (TPSA) is 37.3 Å². The minimum Gasteiger partial charge on any atom is -0.481 e. The van der Waals surface area contributed by atoms with Gasteiger partial charge in [0.2, 0.25) is 0 Å². The van der Waals surface area contributed by atoms with Crippen molar-refractivity contribution in [3.63, 3.8) is 0 Å². The Bertz CT molecular complexity index is 489. The minimum atomic E-state index is -0.710. The van der Waals surface area contributed by atoms with E-state index in [1.807, 2.05) is 0 Å². The van der Waals surface area contributed by atoms with Crippen molar-refractivity contribution >= 4 is 17.6 Å². The molecule has 110 valence electrons. The van der Waals surface area contributed by atoms with E-state index in [4.69, 9.17) is 11.6 Å². The van der Waals surface area contributed by atoms with Crippen LogP contribution < -0.4 is 0 Å². The predicted molar refractivity (Wildman–Crippen MR) is 77.4 cm³/mol. The molecule has 3 unspecified atom stereocenters. The highest BCUT2D eigenvalue weighted by Crippen LogP contribution is 2.37. The van der Waals surface area contributed by atoms with Crippen molar-refractivity contribution in [2.75, 3.05) is 0 Å². The molecular formula is C16H20ClFO2. The third kappa shape index (κ3) is 3.51. The van der Waals surface area contributed by atoms with E-state index in [1.54, 1.807) is 12.1 Å². The molecule has 0 saturated heterocycles. The van der Waals surface area contributed by atoms with Crippen molar-refractivity contribution in [3.05, 3.63) is 34.6 Å². The van der Waals surface area contributed by atoms with E-state index in [1.165, 1.54) is 6.07 Å². The largest absolute Gasteiger partial charge is 0.481 e. The van der Waals surface area contributed by atoms with Gasteiger partial charge in [-0.25, -0.2) is 4.39 Å². The van der Waals surface area contributed by atoms with Crippen LogP contribution in [-0.4, -0.2) is 11.1 Å². The number of aliphatic carboxylic acids is 1. The zero-order chi connectivity index (χ0) is 14.7. The number of rotatable bonds is 4. The van der Waals surface area contributed by atoms with Crippen LogP contribution in [0.2, 0.25) is 5.02 Å². The van der Waals surface area contributed by atoms with Crippen LogP contribution in [0, 0.1) is 23.6 Å². The van der Waals surface area contributed by atoms with Crippen LogP contribution in [-0.2, 0) is 11.2 Å². The monoisotopic (exact) mass is 298 g/mol. The summed E-state index contributed by atoms with van der Waals surface area (Å²) in [5.74, 6) is -0.709. The minimum absolute atomic E-state index is 0.109. The maximum Gasteiger partial charge on any atom is 0.306 e. The molecular weight excluding hydrogens is 279 g/mol. The van der Waals surface area contributed by atoms with Crippen LogP contribution in [0.3, 0.4) is 0 Å². The highest BCUT2D eigenvalue weighted by atomic mass is 35.5. The SMILES string of the molecule is CCC1CCC(C(=O)O)C(Cc2ccc(F)c(Cl)c2)C1. The molecule has 0 aromatic heterocycles. The van der Waals surface area contributed by atoms with Gasteiger partial charge in [-0.1, -0.05) is 31.0 Å². The zero-order valence-corrected chi connectivity index (χ0v) is 12.4. The van der Waals surface area contributed by atoms with Gasteiger partial charge in [-0.3, -0.25) is 4.79 Å². The van der Waals surface area contributed by atoms with E-state index in [0.29, 0.717) is 12.3 Å². The fourth-order valence-corrected chi connectivity index (χ4v) is 3.46. The first-order valence-corrected chi connectivity index (χ1v) is 7.55. The average molecular weight is 299 g/mol. The van der Waals surface area contributed by atoms with Gasteiger partial charge in [-0.05, 0) is 55.2 Å². The summed E-state index contributed by atoms with van der Waals surface area (Å²) < 4.78 is 13.2. The smallest absolute Gasteiger partial charge is 0.306 e. The Balaban J connectivity index is 2.13. The van der Waals surface area contributed by atoms with E-state index in [2.05, 4.69) is 6.92 Å². The highest BCUT2D eigenvalue weighted by Gasteiger charge is 2.34. The molecule has 1 aliphatic rings. The quantitative estimate of drug-likeness (QED) is 0.885. The summed E-state index contributed by atoms with van der Waals surface area (Å²) in [6, 6.07) is 4.68. The number of hydrogen-bond donors (Lipinski definition) is 1. The first-order chi connectivity index (χ1) is 9.51. The number of carboxylic acid groups (broad SMARTS) is 1. The summed E-state index contributed by atoms with van der Waals surface area (Å²) in [4.78, 5) is 11.4. The summed E-state index contributed by atoms with van der Waals surface area (Å²) in [7, 11) is 0.